The predicted molar refractivity (Wildman–Crippen MR) is 88.3 cm³/mol. The van der Waals surface area contributed by atoms with Gasteiger partial charge in [0.15, 0.2) is 0 Å². The van der Waals surface area contributed by atoms with Crippen LogP contribution in [0, 0.1) is 0 Å². The van der Waals surface area contributed by atoms with E-state index in [2.05, 4.69) is 66.1 Å². The maximum atomic E-state index is 4.48. The highest BCUT2D eigenvalue weighted by Crippen LogP contribution is 2.22. The maximum Gasteiger partial charge on any atom is 0.0270 e. The molecule has 0 spiro atoms. The van der Waals surface area contributed by atoms with E-state index in [0.29, 0.717) is 0 Å². The number of hydrogen-bond acceptors (Lipinski definition) is 2. The molecule has 100 valence electrons. The predicted octanol–water partition coefficient (Wildman–Crippen LogP) is 4.45. The molecule has 0 radical (unpaired) electrons. The zero-order valence-corrected chi connectivity index (χ0v) is 12.2. The van der Waals surface area contributed by atoms with Gasteiger partial charge in [-0.3, -0.25) is 4.98 Å². The lowest BCUT2D eigenvalue weighted by molar-refractivity contribution is 0.945. The van der Waals surface area contributed by atoms with Crippen molar-refractivity contribution < 1.29 is 0 Å². The van der Waals surface area contributed by atoms with Crippen molar-refractivity contribution in [1.82, 2.24) is 4.98 Å². The number of thiol groups is 1. The number of nitrogens with zero attached hydrogens (tertiary/aromatic N) is 1. The van der Waals surface area contributed by atoms with Gasteiger partial charge in [-0.2, -0.15) is 12.6 Å². The molecule has 3 aromatic rings. The zero-order chi connectivity index (χ0) is 13.8. The third-order valence-corrected chi connectivity index (χ3v) is 4.01. The van der Waals surface area contributed by atoms with Gasteiger partial charge in [0.1, 0.15) is 0 Å². The van der Waals surface area contributed by atoms with Crippen LogP contribution in [0.3, 0.4) is 0 Å². The van der Waals surface area contributed by atoms with E-state index in [9.17, 15) is 0 Å². The lowest BCUT2D eigenvalue weighted by Gasteiger charge is -2.10. The summed E-state index contributed by atoms with van der Waals surface area (Å²) in [6.45, 7) is 0. The van der Waals surface area contributed by atoms with Crippen molar-refractivity contribution in [2.75, 3.05) is 0 Å². The van der Waals surface area contributed by atoms with E-state index in [4.69, 9.17) is 0 Å². The molecule has 0 atom stereocenters. The zero-order valence-electron chi connectivity index (χ0n) is 11.3. The molecule has 0 unspecified atom stereocenters. The summed E-state index contributed by atoms with van der Waals surface area (Å²) in [4.78, 5) is 4.06. The summed E-state index contributed by atoms with van der Waals surface area (Å²) < 4.78 is 0. The second-order valence-corrected chi connectivity index (χ2v) is 5.30. The van der Waals surface area contributed by atoms with Crippen molar-refractivity contribution in [1.29, 1.82) is 0 Å². The molecule has 1 heterocycles. The quantitative estimate of drug-likeness (QED) is 0.696. The molecule has 0 saturated heterocycles. The van der Waals surface area contributed by atoms with E-state index in [1.165, 1.54) is 27.5 Å². The van der Waals surface area contributed by atoms with Crippen LogP contribution in [0.4, 0.5) is 0 Å². The van der Waals surface area contributed by atoms with Crippen LogP contribution in [0.15, 0.2) is 60.9 Å². The highest BCUT2D eigenvalue weighted by molar-refractivity contribution is 7.79. The fourth-order valence-electron chi connectivity index (χ4n) is 2.54. The van der Waals surface area contributed by atoms with Gasteiger partial charge in [-0.1, -0.05) is 36.4 Å². The van der Waals surface area contributed by atoms with E-state index in [-0.39, 0.29) is 0 Å². The van der Waals surface area contributed by atoms with E-state index < -0.39 is 0 Å². The van der Waals surface area contributed by atoms with Gasteiger partial charge < -0.3 is 0 Å². The summed E-state index contributed by atoms with van der Waals surface area (Å²) in [6.07, 6.45) is 5.80. The van der Waals surface area contributed by atoms with Gasteiger partial charge >= 0.3 is 0 Å². The summed E-state index contributed by atoms with van der Waals surface area (Å²) in [7, 11) is 0. The minimum Gasteiger partial charge on any atom is -0.265 e. The Balaban J connectivity index is 1.90. The molecule has 0 bridgehead atoms. The Kier molecular flexibility index (Phi) is 4.03. The Hall–Kier alpha value is -1.80. The van der Waals surface area contributed by atoms with Crippen molar-refractivity contribution in [3.05, 3.63) is 77.6 Å². The monoisotopic (exact) mass is 279 g/mol. The van der Waals surface area contributed by atoms with Crippen LogP contribution in [0.2, 0.25) is 0 Å². The number of fused-ring (bicyclic) bond motifs is 1. The standard InChI is InChI=1S/C18H17NS/c20-13-18-12-16-4-2-1-3-15(16)11-17(18)6-5-14-7-9-19-10-8-14/h1-4,7-12,20H,5-6,13H2. The number of pyridine rings is 1. The molecule has 2 aromatic carbocycles. The van der Waals surface area contributed by atoms with Crippen LogP contribution in [0.1, 0.15) is 16.7 Å². The van der Waals surface area contributed by atoms with Crippen LogP contribution in [0.25, 0.3) is 10.8 Å². The Labute approximate surface area is 125 Å². The molecule has 1 nitrogen and oxygen atoms in total. The Morgan fingerprint density at radius 1 is 0.800 bits per heavy atom. The summed E-state index contributed by atoms with van der Waals surface area (Å²) >= 11 is 4.48. The van der Waals surface area contributed by atoms with Gasteiger partial charge in [0.05, 0.1) is 0 Å². The number of benzene rings is 2. The van der Waals surface area contributed by atoms with Gasteiger partial charge in [0.25, 0.3) is 0 Å². The van der Waals surface area contributed by atoms with Crippen molar-refractivity contribution in [3.8, 4) is 0 Å². The van der Waals surface area contributed by atoms with Gasteiger partial charge in [-0.15, -0.1) is 0 Å². The third-order valence-electron chi connectivity index (χ3n) is 3.67. The molecule has 0 fully saturated rings. The molecule has 0 N–H and O–H groups in total. The molecule has 3 rings (SSSR count). The smallest absolute Gasteiger partial charge is 0.0270 e. The topological polar surface area (TPSA) is 12.9 Å². The van der Waals surface area contributed by atoms with Crippen molar-refractivity contribution >= 4 is 23.4 Å². The van der Waals surface area contributed by atoms with Crippen LogP contribution >= 0.6 is 12.6 Å². The fraction of sp³-hybridized carbons (Fsp3) is 0.167. The number of hydrogen-bond donors (Lipinski definition) is 1. The van der Waals surface area contributed by atoms with Crippen LogP contribution < -0.4 is 0 Å². The van der Waals surface area contributed by atoms with Crippen molar-refractivity contribution in [2.24, 2.45) is 0 Å². The summed E-state index contributed by atoms with van der Waals surface area (Å²) in [5.41, 5.74) is 4.06. The summed E-state index contributed by atoms with van der Waals surface area (Å²) in [5, 5.41) is 2.60. The molecule has 0 saturated carbocycles. The van der Waals surface area contributed by atoms with Crippen LogP contribution in [-0.4, -0.2) is 4.98 Å². The molecular formula is C18H17NS. The molecule has 0 amide bonds. The minimum absolute atomic E-state index is 0.788. The molecule has 0 aliphatic rings. The average Bonchev–Trinajstić information content (AvgIpc) is 2.53. The number of aromatic nitrogens is 1. The first-order chi connectivity index (χ1) is 9.86. The van der Waals surface area contributed by atoms with E-state index in [0.717, 1.165) is 18.6 Å². The largest absolute Gasteiger partial charge is 0.265 e. The molecule has 1 aromatic heterocycles. The van der Waals surface area contributed by atoms with Gasteiger partial charge in [0.2, 0.25) is 0 Å². The fourth-order valence-corrected chi connectivity index (χ4v) is 2.84. The molecule has 0 aliphatic carbocycles. The molecule has 20 heavy (non-hydrogen) atoms. The minimum atomic E-state index is 0.788. The number of aryl methyl sites for hydroxylation is 2. The first kappa shape index (κ1) is 13.2. The highest BCUT2D eigenvalue weighted by Gasteiger charge is 2.04. The summed E-state index contributed by atoms with van der Waals surface area (Å²) in [6, 6.07) is 17.3. The second-order valence-electron chi connectivity index (χ2n) is 4.98. The molecule has 0 aliphatic heterocycles. The second kappa shape index (κ2) is 6.10. The maximum absolute atomic E-state index is 4.48. The average molecular weight is 279 g/mol. The van der Waals surface area contributed by atoms with Gasteiger partial charge in [-0.25, -0.2) is 0 Å². The third kappa shape index (κ3) is 2.86. The van der Waals surface area contributed by atoms with Gasteiger partial charge in [-0.05, 0) is 52.4 Å². The lowest BCUT2D eigenvalue weighted by atomic mass is 9.97. The van der Waals surface area contributed by atoms with Crippen molar-refractivity contribution in [2.45, 2.75) is 18.6 Å². The van der Waals surface area contributed by atoms with Crippen LogP contribution in [0.5, 0.6) is 0 Å². The Morgan fingerprint density at radius 2 is 1.45 bits per heavy atom. The van der Waals surface area contributed by atoms with Crippen molar-refractivity contribution in [3.63, 3.8) is 0 Å². The van der Waals surface area contributed by atoms with E-state index >= 15 is 0 Å². The summed E-state index contributed by atoms with van der Waals surface area (Å²) in [5.74, 6) is 0.788. The highest BCUT2D eigenvalue weighted by atomic mass is 32.1. The Bertz CT molecular complexity index is 707. The Morgan fingerprint density at radius 3 is 2.10 bits per heavy atom. The molecular weight excluding hydrogens is 262 g/mol. The SMILES string of the molecule is SCc1cc2ccccc2cc1CCc1ccncc1. The van der Waals surface area contributed by atoms with E-state index in [1.54, 1.807) is 0 Å². The van der Waals surface area contributed by atoms with Gasteiger partial charge in [0, 0.05) is 18.1 Å². The number of rotatable bonds is 4. The first-order valence-corrected chi connectivity index (χ1v) is 7.50. The lowest BCUT2D eigenvalue weighted by Crippen LogP contribution is -1.96. The van der Waals surface area contributed by atoms with Crippen LogP contribution in [-0.2, 0) is 18.6 Å². The molecule has 2 heteroatoms. The van der Waals surface area contributed by atoms with E-state index in [1.807, 2.05) is 12.4 Å². The normalized spacial score (nSPS) is 10.8. The first-order valence-electron chi connectivity index (χ1n) is 6.87.